The smallest absolute Gasteiger partial charge is 0.280 e. The van der Waals surface area contributed by atoms with Crippen molar-refractivity contribution in [2.24, 2.45) is 0 Å². The Hall–Kier alpha value is -2.57. The Kier molecular flexibility index (Phi) is 4.98. The molecule has 7 heteroatoms. The highest BCUT2D eigenvalue weighted by Crippen LogP contribution is 2.22. The van der Waals surface area contributed by atoms with E-state index in [2.05, 4.69) is 15.3 Å². The molecule has 0 unspecified atom stereocenters. The molecule has 1 saturated heterocycles. The first-order valence-electron chi connectivity index (χ1n) is 7.84. The molecule has 0 aliphatic carbocycles. The van der Waals surface area contributed by atoms with E-state index < -0.39 is 6.43 Å². The monoisotopic (exact) mass is 332 g/mol. The number of nitrogens with one attached hydrogen (secondary N) is 1. The van der Waals surface area contributed by atoms with Gasteiger partial charge in [-0.05, 0) is 25.0 Å². The predicted octanol–water partition coefficient (Wildman–Crippen LogP) is 2.81. The molecule has 0 atom stereocenters. The molecule has 24 heavy (non-hydrogen) atoms. The number of rotatable bonds is 4. The first-order valence-corrected chi connectivity index (χ1v) is 7.84. The van der Waals surface area contributed by atoms with Crippen molar-refractivity contribution in [2.75, 3.05) is 18.0 Å². The van der Waals surface area contributed by atoms with E-state index in [0.717, 1.165) is 12.8 Å². The van der Waals surface area contributed by atoms with Gasteiger partial charge in [0.1, 0.15) is 17.8 Å². The molecular formula is C17H18F2N4O. The molecule has 1 fully saturated rings. The molecule has 5 nitrogen and oxygen atoms in total. The lowest BCUT2D eigenvalue weighted by molar-refractivity contribution is 0.0931. The van der Waals surface area contributed by atoms with Gasteiger partial charge in [0.25, 0.3) is 12.3 Å². The zero-order valence-corrected chi connectivity index (χ0v) is 13.0. The number of benzene rings is 1. The first-order chi connectivity index (χ1) is 11.6. The van der Waals surface area contributed by atoms with Gasteiger partial charge in [-0.3, -0.25) is 4.79 Å². The van der Waals surface area contributed by atoms with Gasteiger partial charge in [0.2, 0.25) is 0 Å². The van der Waals surface area contributed by atoms with Crippen LogP contribution in [-0.2, 0) is 0 Å². The number of nitrogens with zero attached hydrogens (tertiary/aromatic N) is 3. The summed E-state index contributed by atoms with van der Waals surface area (Å²) in [4.78, 5) is 21.7. The first kappa shape index (κ1) is 16.3. The molecule has 126 valence electrons. The van der Waals surface area contributed by atoms with Gasteiger partial charge in [0.05, 0.1) is 0 Å². The lowest BCUT2D eigenvalue weighted by Crippen LogP contribution is -2.45. The number of carbonyl (C=O) groups excluding carboxylic acids is 1. The van der Waals surface area contributed by atoms with Crippen LogP contribution in [0.4, 0.5) is 14.6 Å². The predicted molar refractivity (Wildman–Crippen MR) is 86.1 cm³/mol. The number of alkyl halides is 2. The van der Waals surface area contributed by atoms with Crippen molar-refractivity contribution in [1.29, 1.82) is 0 Å². The fraction of sp³-hybridized carbons (Fsp3) is 0.353. The van der Waals surface area contributed by atoms with Crippen molar-refractivity contribution in [2.45, 2.75) is 25.3 Å². The summed E-state index contributed by atoms with van der Waals surface area (Å²) in [7, 11) is 0. The molecule has 0 spiro atoms. The van der Waals surface area contributed by atoms with Crippen molar-refractivity contribution in [1.82, 2.24) is 15.3 Å². The summed E-state index contributed by atoms with van der Waals surface area (Å²) in [5.74, 6) is 0.421. The molecule has 1 aliphatic rings. The van der Waals surface area contributed by atoms with E-state index in [1.165, 1.54) is 12.4 Å². The topological polar surface area (TPSA) is 58.1 Å². The van der Waals surface area contributed by atoms with E-state index in [-0.39, 0.29) is 17.6 Å². The zero-order valence-electron chi connectivity index (χ0n) is 13.0. The molecular weight excluding hydrogens is 314 g/mol. The van der Waals surface area contributed by atoms with Crippen molar-refractivity contribution in [3.8, 4) is 0 Å². The Morgan fingerprint density at radius 3 is 2.54 bits per heavy atom. The van der Waals surface area contributed by atoms with Gasteiger partial charge < -0.3 is 10.2 Å². The van der Waals surface area contributed by atoms with Crippen molar-refractivity contribution in [3.05, 3.63) is 54.0 Å². The van der Waals surface area contributed by atoms with Crippen LogP contribution in [0, 0.1) is 0 Å². The number of aromatic nitrogens is 2. The number of anilines is 1. The third-order valence-electron chi connectivity index (χ3n) is 4.09. The van der Waals surface area contributed by atoms with Crippen LogP contribution in [0.1, 0.15) is 35.3 Å². The maximum Gasteiger partial charge on any atom is 0.280 e. The number of hydrogen-bond donors (Lipinski definition) is 1. The minimum atomic E-state index is -2.60. The van der Waals surface area contributed by atoms with Gasteiger partial charge in [-0.2, -0.15) is 0 Å². The molecule has 1 aromatic heterocycles. The highest BCUT2D eigenvalue weighted by molar-refractivity contribution is 5.94. The van der Waals surface area contributed by atoms with E-state index in [9.17, 15) is 13.6 Å². The summed E-state index contributed by atoms with van der Waals surface area (Å²) in [6, 6.07) is 10.5. The van der Waals surface area contributed by atoms with Crippen LogP contribution in [0.3, 0.4) is 0 Å². The van der Waals surface area contributed by atoms with Crippen LogP contribution in [0.15, 0.2) is 42.7 Å². The van der Waals surface area contributed by atoms with Crippen molar-refractivity contribution < 1.29 is 13.6 Å². The van der Waals surface area contributed by atoms with Crippen LogP contribution in [0.25, 0.3) is 0 Å². The molecule has 0 radical (unpaired) electrons. The van der Waals surface area contributed by atoms with Crippen LogP contribution < -0.4 is 10.2 Å². The fourth-order valence-electron chi connectivity index (χ4n) is 2.76. The van der Waals surface area contributed by atoms with E-state index in [0.29, 0.717) is 24.5 Å². The molecule has 0 bridgehead atoms. The molecule has 2 aromatic rings. The van der Waals surface area contributed by atoms with Gasteiger partial charge in [-0.25, -0.2) is 18.7 Å². The summed E-state index contributed by atoms with van der Waals surface area (Å²) in [5, 5.41) is 3.02. The van der Waals surface area contributed by atoms with Gasteiger partial charge in [-0.1, -0.05) is 18.2 Å². The number of piperidine rings is 1. The Morgan fingerprint density at radius 1 is 1.17 bits per heavy atom. The third-order valence-corrected chi connectivity index (χ3v) is 4.09. The minimum absolute atomic E-state index is 0.0744. The second kappa shape index (κ2) is 7.33. The molecule has 2 heterocycles. The average Bonchev–Trinajstić information content (AvgIpc) is 2.63. The van der Waals surface area contributed by atoms with Crippen LogP contribution in [0.5, 0.6) is 0 Å². The summed E-state index contributed by atoms with van der Waals surface area (Å²) in [6.45, 7) is 1.30. The maximum absolute atomic E-state index is 12.7. The highest BCUT2D eigenvalue weighted by atomic mass is 19.3. The largest absolute Gasteiger partial charge is 0.356 e. The highest BCUT2D eigenvalue weighted by Gasteiger charge is 2.23. The van der Waals surface area contributed by atoms with Gasteiger partial charge >= 0.3 is 0 Å². The molecule has 1 aromatic carbocycles. The van der Waals surface area contributed by atoms with E-state index >= 15 is 0 Å². The normalized spacial score (nSPS) is 15.5. The van der Waals surface area contributed by atoms with E-state index in [1.807, 2.05) is 23.1 Å². The lowest BCUT2D eigenvalue weighted by atomic mass is 10.0. The van der Waals surface area contributed by atoms with Crippen LogP contribution in [-0.4, -0.2) is 35.0 Å². The average molecular weight is 332 g/mol. The summed E-state index contributed by atoms with van der Waals surface area (Å²) < 4.78 is 25.4. The quantitative estimate of drug-likeness (QED) is 0.935. The number of amides is 1. The van der Waals surface area contributed by atoms with E-state index in [4.69, 9.17) is 0 Å². The SMILES string of the molecule is O=C(NC1CCN(c2cc(C(F)F)ncn2)CC1)c1ccccc1. The number of hydrogen-bond acceptors (Lipinski definition) is 4. The third kappa shape index (κ3) is 3.84. The second-order valence-electron chi connectivity index (χ2n) is 5.70. The van der Waals surface area contributed by atoms with Crippen molar-refractivity contribution >= 4 is 11.7 Å². The lowest BCUT2D eigenvalue weighted by Gasteiger charge is -2.33. The standard InChI is InChI=1S/C17H18F2N4O/c18-16(19)14-10-15(21-11-20-14)23-8-6-13(7-9-23)22-17(24)12-4-2-1-3-5-12/h1-5,10-11,13,16H,6-9H2,(H,22,24). The number of carbonyl (C=O) groups is 1. The summed E-state index contributed by atoms with van der Waals surface area (Å²) in [5.41, 5.74) is 0.372. The fourth-order valence-corrected chi connectivity index (χ4v) is 2.76. The molecule has 3 rings (SSSR count). The molecule has 0 saturated carbocycles. The molecule has 1 amide bonds. The molecule has 1 N–H and O–H groups in total. The summed E-state index contributed by atoms with van der Waals surface area (Å²) >= 11 is 0. The van der Waals surface area contributed by atoms with Gasteiger partial charge in [0, 0.05) is 30.8 Å². The Balaban J connectivity index is 1.56. The van der Waals surface area contributed by atoms with E-state index in [1.54, 1.807) is 12.1 Å². The van der Waals surface area contributed by atoms with Crippen molar-refractivity contribution in [3.63, 3.8) is 0 Å². The van der Waals surface area contributed by atoms with Crippen LogP contribution >= 0.6 is 0 Å². The summed E-state index contributed by atoms with van der Waals surface area (Å²) in [6.07, 6.45) is 0.0497. The Bertz CT molecular complexity index is 688. The second-order valence-corrected chi connectivity index (χ2v) is 5.70. The zero-order chi connectivity index (χ0) is 16.9. The molecule has 1 aliphatic heterocycles. The Morgan fingerprint density at radius 2 is 1.88 bits per heavy atom. The van der Waals surface area contributed by atoms with Gasteiger partial charge in [-0.15, -0.1) is 0 Å². The minimum Gasteiger partial charge on any atom is -0.356 e. The van der Waals surface area contributed by atoms with Gasteiger partial charge in [0.15, 0.2) is 0 Å². The van der Waals surface area contributed by atoms with Crippen LogP contribution in [0.2, 0.25) is 0 Å². The maximum atomic E-state index is 12.7. The Labute approximate surface area is 138 Å². The number of halogens is 2.